The molecular weight excluding hydrogens is 523 g/mol. The molecule has 1 N–H and O–H groups in total. The van der Waals surface area contributed by atoms with Gasteiger partial charge in [-0.1, -0.05) is 12.1 Å². The number of benzene rings is 2. The number of rotatable bonds is 9. The highest BCUT2D eigenvalue weighted by Crippen LogP contribution is 2.33. The largest absolute Gasteiger partial charge is 0.497 e. The SMILES string of the molecule is COc1ccc(CN(c2cscn2)S(=O)(=O)c2cc(C=O)c(N(C)[C@H]3CCN(C(=O)O)C3)cc2F)cc1. The number of hydrogen-bond donors (Lipinski definition) is 1. The second-order valence-electron chi connectivity index (χ2n) is 8.45. The molecule has 1 aromatic heterocycles. The quantitative estimate of drug-likeness (QED) is 0.402. The van der Waals surface area contributed by atoms with Crippen molar-refractivity contribution in [1.29, 1.82) is 0 Å². The second-order valence-corrected chi connectivity index (χ2v) is 11.0. The topological polar surface area (TPSA) is 120 Å². The second kappa shape index (κ2) is 10.7. The highest BCUT2D eigenvalue weighted by atomic mass is 32.2. The van der Waals surface area contributed by atoms with Crippen LogP contribution in [-0.2, 0) is 16.6 Å². The van der Waals surface area contributed by atoms with Crippen molar-refractivity contribution in [2.24, 2.45) is 0 Å². The van der Waals surface area contributed by atoms with E-state index in [0.29, 0.717) is 30.6 Å². The van der Waals surface area contributed by atoms with Crippen molar-refractivity contribution >= 4 is 45.2 Å². The first-order valence-corrected chi connectivity index (χ1v) is 13.6. The summed E-state index contributed by atoms with van der Waals surface area (Å²) in [6, 6.07) is 8.49. The molecule has 37 heavy (non-hydrogen) atoms. The monoisotopic (exact) mass is 548 g/mol. The summed E-state index contributed by atoms with van der Waals surface area (Å²) in [5, 5.41) is 10.8. The van der Waals surface area contributed by atoms with Crippen LogP contribution in [0.25, 0.3) is 0 Å². The number of anilines is 2. The third kappa shape index (κ3) is 5.37. The first-order chi connectivity index (χ1) is 17.6. The lowest BCUT2D eigenvalue weighted by Crippen LogP contribution is -2.37. The molecule has 10 nitrogen and oxygen atoms in total. The molecule has 1 aliphatic heterocycles. The van der Waals surface area contributed by atoms with Crippen molar-refractivity contribution in [1.82, 2.24) is 9.88 Å². The Kier molecular flexibility index (Phi) is 7.64. The lowest BCUT2D eigenvalue weighted by molar-refractivity contribution is 0.112. The molecule has 0 aliphatic carbocycles. The van der Waals surface area contributed by atoms with Crippen molar-refractivity contribution in [2.45, 2.75) is 23.9 Å². The number of methoxy groups -OCH3 is 1. The van der Waals surface area contributed by atoms with Gasteiger partial charge >= 0.3 is 6.09 Å². The van der Waals surface area contributed by atoms with Crippen LogP contribution in [0.4, 0.5) is 20.7 Å². The van der Waals surface area contributed by atoms with E-state index in [1.165, 1.54) is 34.2 Å². The summed E-state index contributed by atoms with van der Waals surface area (Å²) < 4.78 is 49.1. The van der Waals surface area contributed by atoms with Gasteiger partial charge in [0.05, 0.1) is 24.9 Å². The summed E-state index contributed by atoms with van der Waals surface area (Å²) in [5.74, 6) is -0.314. The lowest BCUT2D eigenvalue weighted by atomic mass is 10.1. The molecule has 2 heterocycles. The van der Waals surface area contributed by atoms with Gasteiger partial charge in [0.15, 0.2) is 12.1 Å². The highest BCUT2D eigenvalue weighted by molar-refractivity contribution is 7.92. The van der Waals surface area contributed by atoms with Gasteiger partial charge in [0.2, 0.25) is 0 Å². The van der Waals surface area contributed by atoms with E-state index in [2.05, 4.69) is 4.98 Å². The number of likely N-dealkylation sites (N-methyl/N-ethyl adjacent to an activating group) is 1. The molecule has 1 aliphatic rings. The average molecular weight is 549 g/mol. The van der Waals surface area contributed by atoms with Crippen LogP contribution in [0.1, 0.15) is 22.3 Å². The Labute approximate surface area is 217 Å². The first-order valence-electron chi connectivity index (χ1n) is 11.2. The van der Waals surface area contributed by atoms with Gasteiger partial charge in [-0.15, -0.1) is 11.3 Å². The average Bonchev–Trinajstić information content (AvgIpc) is 3.60. The maximum Gasteiger partial charge on any atom is 0.407 e. The Balaban J connectivity index is 1.70. The van der Waals surface area contributed by atoms with Crippen LogP contribution in [0, 0.1) is 5.82 Å². The fourth-order valence-corrected chi connectivity index (χ4v) is 6.31. The fourth-order valence-electron chi connectivity index (χ4n) is 4.22. The number of aromatic nitrogens is 1. The number of aldehydes is 1. The zero-order chi connectivity index (χ0) is 26.7. The summed E-state index contributed by atoms with van der Waals surface area (Å²) in [6.07, 6.45) is -0.106. The minimum Gasteiger partial charge on any atom is -0.497 e. The molecule has 0 saturated carbocycles. The lowest BCUT2D eigenvalue weighted by Gasteiger charge is -2.29. The Morgan fingerprint density at radius 2 is 2.05 bits per heavy atom. The van der Waals surface area contributed by atoms with E-state index < -0.39 is 26.8 Å². The number of nitrogens with zero attached hydrogens (tertiary/aromatic N) is 4. The van der Waals surface area contributed by atoms with E-state index in [1.807, 2.05) is 0 Å². The van der Waals surface area contributed by atoms with Crippen LogP contribution in [0.3, 0.4) is 0 Å². The van der Waals surface area contributed by atoms with Crippen LogP contribution < -0.4 is 13.9 Å². The van der Waals surface area contributed by atoms with Crippen molar-refractivity contribution in [3.8, 4) is 5.75 Å². The van der Waals surface area contributed by atoms with E-state index in [-0.39, 0.29) is 36.2 Å². The first kappa shape index (κ1) is 26.4. The van der Waals surface area contributed by atoms with E-state index >= 15 is 4.39 Å². The van der Waals surface area contributed by atoms with E-state index in [1.54, 1.807) is 36.2 Å². The number of carboxylic acid groups (broad SMARTS) is 1. The van der Waals surface area contributed by atoms with Gasteiger partial charge in [0.1, 0.15) is 16.5 Å². The predicted octanol–water partition coefficient (Wildman–Crippen LogP) is 3.69. The minimum absolute atomic E-state index is 0.0288. The molecule has 0 unspecified atom stereocenters. The smallest absolute Gasteiger partial charge is 0.407 e. The molecule has 0 radical (unpaired) electrons. The molecule has 3 aromatic rings. The van der Waals surface area contributed by atoms with Crippen LogP contribution in [0.2, 0.25) is 0 Å². The van der Waals surface area contributed by atoms with Gasteiger partial charge in [-0.25, -0.2) is 26.9 Å². The molecule has 1 saturated heterocycles. The van der Waals surface area contributed by atoms with E-state index in [9.17, 15) is 23.1 Å². The molecule has 1 amide bonds. The number of amides is 1. The van der Waals surface area contributed by atoms with Gasteiger partial charge in [-0.3, -0.25) is 4.79 Å². The van der Waals surface area contributed by atoms with Crippen LogP contribution in [-0.4, -0.2) is 69.1 Å². The number of carbonyl (C=O) groups excluding carboxylic acids is 1. The van der Waals surface area contributed by atoms with Crippen molar-refractivity contribution in [3.05, 3.63) is 64.2 Å². The maximum atomic E-state index is 15.5. The Morgan fingerprint density at radius 1 is 1.32 bits per heavy atom. The molecule has 1 fully saturated rings. The molecule has 1 atom stereocenters. The van der Waals surface area contributed by atoms with Crippen LogP contribution in [0.5, 0.6) is 5.75 Å². The number of thiazole rings is 1. The van der Waals surface area contributed by atoms with Gasteiger partial charge in [-0.2, -0.15) is 0 Å². The standard InChI is InChI=1S/C24H25FN4O6S2/c1-27(18-7-8-28(12-18)24(31)32)21-10-20(25)22(9-17(21)13-30)37(33,34)29(23-14-36-15-26-23)11-16-3-5-19(35-2)6-4-16/h3-6,9-10,13-15,18H,7-8,11-12H2,1-2H3,(H,31,32)/t18-/m0/s1. The molecule has 13 heteroatoms. The van der Waals surface area contributed by atoms with Gasteiger partial charge < -0.3 is 19.6 Å². The number of hydrogen-bond acceptors (Lipinski definition) is 8. The Morgan fingerprint density at radius 3 is 2.62 bits per heavy atom. The number of sulfonamides is 1. The van der Waals surface area contributed by atoms with Crippen LogP contribution >= 0.6 is 11.3 Å². The number of halogens is 1. The number of likely N-dealkylation sites (tertiary alicyclic amines) is 1. The fraction of sp³-hybridized carbons (Fsp3) is 0.292. The van der Waals surface area contributed by atoms with Crippen molar-refractivity contribution < 1.29 is 32.2 Å². The molecule has 4 rings (SSSR count). The predicted molar refractivity (Wildman–Crippen MR) is 137 cm³/mol. The normalized spacial score (nSPS) is 15.4. The molecule has 2 aromatic carbocycles. The third-order valence-corrected chi connectivity index (χ3v) is 8.64. The van der Waals surface area contributed by atoms with Crippen LogP contribution in [0.15, 0.2) is 52.2 Å². The summed E-state index contributed by atoms with van der Waals surface area (Å²) in [7, 11) is -1.33. The molecule has 0 bridgehead atoms. The highest BCUT2D eigenvalue weighted by Gasteiger charge is 2.33. The summed E-state index contributed by atoms with van der Waals surface area (Å²) in [5.41, 5.74) is 2.24. The zero-order valence-electron chi connectivity index (χ0n) is 20.1. The van der Waals surface area contributed by atoms with E-state index in [0.717, 1.165) is 16.4 Å². The summed E-state index contributed by atoms with van der Waals surface area (Å²) in [6.45, 7) is 0.371. The third-order valence-electron chi connectivity index (χ3n) is 6.30. The Hall–Kier alpha value is -3.71. The zero-order valence-corrected chi connectivity index (χ0v) is 21.7. The van der Waals surface area contributed by atoms with Gasteiger partial charge in [0, 0.05) is 37.1 Å². The van der Waals surface area contributed by atoms with E-state index in [4.69, 9.17) is 4.74 Å². The minimum atomic E-state index is -4.47. The van der Waals surface area contributed by atoms with Gasteiger partial charge in [-0.05, 0) is 36.2 Å². The Bertz CT molecular complexity index is 1380. The molecular formula is C24H25FN4O6S2. The molecule has 196 valence electrons. The number of carbonyl (C=O) groups is 2. The van der Waals surface area contributed by atoms with Crippen molar-refractivity contribution in [2.75, 3.05) is 36.5 Å². The summed E-state index contributed by atoms with van der Waals surface area (Å²) in [4.78, 5) is 29.6. The molecule has 0 spiro atoms. The number of ether oxygens (including phenoxy) is 1. The van der Waals surface area contributed by atoms with Crippen molar-refractivity contribution in [3.63, 3.8) is 0 Å². The van der Waals surface area contributed by atoms with Gasteiger partial charge in [0.25, 0.3) is 10.0 Å². The summed E-state index contributed by atoms with van der Waals surface area (Å²) >= 11 is 1.19. The maximum absolute atomic E-state index is 15.5.